The van der Waals surface area contributed by atoms with Crippen LogP contribution in [0.3, 0.4) is 0 Å². The van der Waals surface area contributed by atoms with Gasteiger partial charge >= 0.3 is 0 Å². The van der Waals surface area contributed by atoms with Gasteiger partial charge in [-0.15, -0.1) is 0 Å². The van der Waals surface area contributed by atoms with E-state index < -0.39 is 17.5 Å². The number of hydrogen-bond donors (Lipinski definition) is 1. The van der Waals surface area contributed by atoms with Gasteiger partial charge in [0.15, 0.2) is 17.5 Å². The Bertz CT molecular complexity index is 595. The standard InChI is InChI=1S/C10H5F3N2S/c11-6-2-1-5(9(12)10(6)13)7-3-14-4-8(16)15-7/h1-4H,(H,15,16). The number of nitrogens with zero attached hydrogens (tertiary/aromatic N) is 1. The third kappa shape index (κ3) is 1.83. The number of halogens is 3. The van der Waals surface area contributed by atoms with Gasteiger partial charge in [-0.05, 0) is 12.1 Å². The number of aromatic nitrogens is 2. The third-order valence-electron chi connectivity index (χ3n) is 1.98. The van der Waals surface area contributed by atoms with Gasteiger partial charge in [-0.3, -0.25) is 4.98 Å². The number of hydrogen-bond acceptors (Lipinski definition) is 2. The van der Waals surface area contributed by atoms with E-state index in [0.29, 0.717) is 0 Å². The van der Waals surface area contributed by atoms with Crippen molar-refractivity contribution in [3.63, 3.8) is 0 Å². The van der Waals surface area contributed by atoms with Crippen LogP contribution in [0.25, 0.3) is 11.3 Å². The quantitative estimate of drug-likeness (QED) is 0.614. The Balaban J connectivity index is 2.66. The van der Waals surface area contributed by atoms with Gasteiger partial charge in [0.2, 0.25) is 0 Å². The van der Waals surface area contributed by atoms with E-state index in [1.807, 2.05) is 0 Å². The molecule has 0 atom stereocenters. The predicted molar refractivity (Wildman–Crippen MR) is 54.7 cm³/mol. The average molecular weight is 242 g/mol. The molecule has 2 aromatic rings. The second-order valence-corrected chi connectivity index (χ2v) is 3.47. The summed E-state index contributed by atoms with van der Waals surface area (Å²) in [7, 11) is 0. The Morgan fingerprint density at radius 2 is 1.81 bits per heavy atom. The first kappa shape index (κ1) is 10.8. The lowest BCUT2D eigenvalue weighted by atomic mass is 10.1. The molecule has 0 saturated carbocycles. The van der Waals surface area contributed by atoms with Crippen molar-refractivity contribution in [1.29, 1.82) is 0 Å². The van der Waals surface area contributed by atoms with Crippen LogP contribution in [0.2, 0.25) is 0 Å². The molecule has 0 aliphatic carbocycles. The van der Waals surface area contributed by atoms with Crippen molar-refractivity contribution < 1.29 is 13.2 Å². The van der Waals surface area contributed by atoms with E-state index in [4.69, 9.17) is 12.2 Å². The molecule has 0 radical (unpaired) electrons. The van der Waals surface area contributed by atoms with Crippen LogP contribution in [0.5, 0.6) is 0 Å². The Labute approximate surface area is 93.8 Å². The number of benzene rings is 1. The molecule has 82 valence electrons. The largest absolute Gasteiger partial charge is 0.343 e. The zero-order chi connectivity index (χ0) is 11.7. The van der Waals surface area contributed by atoms with Crippen LogP contribution < -0.4 is 0 Å². The lowest BCUT2D eigenvalue weighted by Crippen LogP contribution is -1.96. The highest BCUT2D eigenvalue weighted by molar-refractivity contribution is 7.71. The van der Waals surface area contributed by atoms with E-state index in [1.54, 1.807) is 0 Å². The van der Waals surface area contributed by atoms with Gasteiger partial charge in [0.05, 0.1) is 18.1 Å². The highest BCUT2D eigenvalue weighted by Crippen LogP contribution is 2.23. The first-order valence-electron chi connectivity index (χ1n) is 4.28. The fraction of sp³-hybridized carbons (Fsp3) is 0. The Kier molecular flexibility index (Phi) is 2.74. The molecule has 1 heterocycles. The number of aromatic amines is 1. The minimum absolute atomic E-state index is 0.113. The maximum Gasteiger partial charge on any atom is 0.195 e. The van der Waals surface area contributed by atoms with Crippen molar-refractivity contribution in [2.45, 2.75) is 0 Å². The predicted octanol–water partition coefficient (Wildman–Crippen LogP) is 3.22. The molecule has 0 aliphatic heterocycles. The molecule has 1 N–H and O–H groups in total. The molecule has 0 aliphatic rings. The summed E-state index contributed by atoms with van der Waals surface area (Å²) in [6, 6.07) is 1.97. The fourth-order valence-electron chi connectivity index (χ4n) is 1.25. The molecule has 0 saturated heterocycles. The van der Waals surface area contributed by atoms with Crippen molar-refractivity contribution in [2.75, 3.05) is 0 Å². The zero-order valence-electron chi connectivity index (χ0n) is 7.80. The minimum Gasteiger partial charge on any atom is -0.343 e. The maximum absolute atomic E-state index is 13.4. The van der Waals surface area contributed by atoms with Gasteiger partial charge in [-0.25, -0.2) is 13.2 Å². The van der Waals surface area contributed by atoms with Gasteiger partial charge in [0, 0.05) is 5.56 Å². The van der Waals surface area contributed by atoms with Crippen LogP contribution in [0.4, 0.5) is 13.2 Å². The lowest BCUT2D eigenvalue weighted by Gasteiger charge is -2.04. The molecule has 0 unspecified atom stereocenters. The van der Waals surface area contributed by atoms with Crippen LogP contribution in [-0.2, 0) is 0 Å². The van der Waals surface area contributed by atoms with E-state index in [9.17, 15) is 13.2 Å². The normalized spacial score (nSPS) is 10.4. The molecule has 0 bridgehead atoms. The second-order valence-electron chi connectivity index (χ2n) is 3.03. The van der Waals surface area contributed by atoms with Crippen molar-refractivity contribution in [3.8, 4) is 11.3 Å². The SMILES string of the molecule is Fc1ccc(-c2cncc(=S)[nH]2)c(F)c1F. The van der Waals surface area contributed by atoms with Crippen LogP contribution in [0.1, 0.15) is 0 Å². The van der Waals surface area contributed by atoms with E-state index in [1.165, 1.54) is 12.4 Å². The number of H-pyrrole nitrogens is 1. The van der Waals surface area contributed by atoms with Gasteiger partial charge in [0.1, 0.15) is 4.64 Å². The first-order chi connectivity index (χ1) is 7.59. The summed E-state index contributed by atoms with van der Waals surface area (Å²) >= 11 is 4.79. The van der Waals surface area contributed by atoms with E-state index in [0.717, 1.165) is 12.1 Å². The smallest absolute Gasteiger partial charge is 0.195 e. The molecule has 1 aromatic heterocycles. The summed E-state index contributed by atoms with van der Waals surface area (Å²) in [5, 5.41) is 0. The molecule has 6 heteroatoms. The van der Waals surface area contributed by atoms with Gasteiger partial charge in [-0.2, -0.15) is 0 Å². The Morgan fingerprint density at radius 1 is 1.06 bits per heavy atom. The average Bonchev–Trinajstić information content (AvgIpc) is 2.26. The van der Waals surface area contributed by atoms with Crippen molar-refractivity contribution >= 4 is 12.2 Å². The minimum atomic E-state index is -1.51. The third-order valence-corrected chi connectivity index (χ3v) is 2.19. The highest BCUT2D eigenvalue weighted by Gasteiger charge is 2.14. The monoisotopic (exact) mass is 242 g/mol. The van der Waals surface area contributed by atoms with E-state index in [2.05, 4.69) is 9.97 Å². The molecule has 2 nitrogen and oxygen atoms in total. The summed E-state index contributed by atoms with van der Waals surface area (Å²) in [4.78, 5) is 6.37. The van der Waals surface area contributed by atoms with E-state index >= 15 is 0 Å². The van der Waals surface area contributed by atoms with Gasteiger partial charge in [0.25, 0.3) is 0 Å². The summed E-state index contributed by atoms with van der Waals surface area (Å²) in [5.74, 6) is -4.01. The topological polar surface area (TPSA) is 28.7 Å². The van der Waals surface area contributed by atoms with Gasteiger partial charge < -0.3 is 4.98 Å². The Morgan fingerprint density at radius 3 is 2.50 bits per heavy atom. The molecule has 2 rings (SSSR count). The van der Waals surface area contributed by atoms with Crippen molar-refractivity contribution in [2.24, 2.45) is 0 Å². The Hall–Kier alpha value is -1.69. The maximum atomic E-state index is 13.4. The van der Waals surface area contributed by atoms with Gasteiger partial charge in [-0.1, -0.05) is 12.2 Å². The first-order valence-corrected chi connectivity index (χ1v) is 4.68. The number of nitrogens with one attached hydrogen (secondary N) is 1. The number of rotatable bonds is 1. The molecular formula is C10H5F3N2S. The summed E-state index contributed by atoms with van der Waals surface area (Å²) in [6.07, 6.45) is 2.64. The zero-order valence-corrected chi connectivity index (χ0v) is 8.62. The molecule has 0 amide bonds. The fourth-order valence-corrected chi connectivity index (χ4v) is 1.42. The van der Waals surface area contributed by atoms with Crippen molar-refractivity contribution in [3.05, 3.63) is 46.6 Å². The van der Waals surface area contributed by atoms with E-state index in [-0.39, 0.29) is 15.9 Å². The van der Waals surface area contributed by atoms with Crippen LogP contribution in [-0.4, -0.2) is 9.97 Å². The molecular weight excluding hydrogens is 237 g/mol. The summed E-state index contributed by atoms with van der Waals surface area (Å²) in [5.41, 5.74) is 0.0852. The summed E-state index contributed by atoms with van der Waals surface area (Å²) < 4.78 is 39.3. The molecule has 0 fully saturated rings. The lowest BCUT2D eigenvalue weighted by molar-refractivity contribution is 0.449. The highest BCUT2D eigenvalue weighted by atomic mass is 32.1. The molecule has 1 aromatic carbocycles. The molecule has 16 heavy (non-hydrogen) atoms. The molecule has 0 spiro atoms. The van der Waals surface area contributed by atoms with Crippen LogP contribution in [0.15, 0.2) is 24.5 Å². The van der Waals surface area contributed by atoms with Crippen LogP contribution in [0, 0.1) is 22.1 Å². The second kappa shape index (κ2) is 4.05. The van der Waals surface area contributed by atoms with Crippen molar-refractivity contribution in [1.82, 2.24) is 9.97 Å². The van der Waals surface area contributed by atoms with Crippen LogP contribution >= 0.6 is 12.2 Å². The summed E-state index contributed by atoms with van der Waals surface area (Å²) in [6.45, 7) is 0.